The molecule has 142 valence electrons. The average molecular weight is 367 g/mol. The van der Waals surface area contributed by atoms with Crippen LogP contribution in [0.2, 0.25) is 0 Å². The Hall–Kier alpha value is -2.67. The van der Waals surface area contributed by atoms with Gasteiger partial charge < -0.3 is 10.2 Å². The summed E-state index contributed by atoms with van der Waals surface area (Å²) >= 11 is 0. The van der Waals surface area contributed by atoms with Crippen LogP contribution in [0.5, 0.6) is 0 Å². The normalized spacial score (nSPS) is 18.9. The number of hydrogen-bond donors (Lipinski definition) is 1. The Kier molecular flexibility index (Phi) is 4.94. The number of nitrogens with zero attached hydrogens (tertiary/aromatic N) is 4. The molecule has 1 aromatic carbocycles. The molecule has 0 radical (unpaired) electrons. The molecule has 2 heterocycles. The molecule has 7 nitrogen and oxygen atoms in total. The van der Waals surface area contributed by atoms with E-state index in [2.05, 4.69) is 15.3 Å². The molecule has 7 heteroatoms. The highest BCUT2D eigenvalue weighted by molar-refractivity contribution is 5.97. The average Bonchev–Trinajstić information content (AvgIpc) is 3.35. The van der Waals surface area contributed by atoms with Crippen LogP contribution < -0.4 is 5.32 Å². The van der Waals surface area contributed by atoms with Crippen molar-refractivity contribution in [3.05, 3.63) is 48.3 Å². The second kappa shape index (κ2) is 7.52. The first kappa shape index (κ1) is 17.7. The fourth-order valence-electron chi connectivity index (χ4n) is 3.46. The van der Waals surface area contributed by atoms with Crippen molar-refractivity contribution >= 4 is 11.8 Å². The van der Waals surface area contributed by atoms with E-state index in [4.69, 9.17) is 0 Å². The fraction of sp³-hybridized carbons (Fsp3) is 0.450. The minimum Gasteiger partial charge on any atom is -0.352 e. The van der Waals surface area contributed by atoms with Gasteiger partial charge in [0.05, 0.1) is 17.3 Å². The minimum absolute atomic E-state index is 0.0100. The summed E-state index contributed by atoms with van der Waals surface area (Å²) in [4.78, 5) is 29.3. The maximum atomic E-state index is 13.1. The van der Waals surface area contributed by atoms with Gasteiger partial charge in [0.15, 0.2) is 0 Å². The molecule has 0 bridgehead atoms. The number of nitrogens with one attached hydrogen (secondary N) is 1. The van der Waals surface area contributed by atoms with E-state index in [-0.39, 0.29) is 17.9 Å². The summed E-state index contributed by atoms with van der Waals surface area (Å²) in [6, 6.07) is 9.60. The third-order valence-corrected chi connectivity index (χ3v) is 5.34. The Balaban J connectivity index is 1.40. The predicted octanol–water partition coefficient (Wildman–Crippen LogP) is 1.30. The van der Waals surface area contributed by atoms with Crippen LogP contribution in [0.3, 0.4) is 0 Å². The van der Waals surface area contributed by atoms with Crippen LogP contribution in [0, 0.1) is 0 Å². The van der Waals surface area contributed by atoms with Gasteiger partial charge in [0.1, 0.15) is 0 Å². The van der Waals surface area contributed by atoms with Crippen LogP contribution in [0.4, 0.5) is 0 Å². The quantitative estimate of drug-likeness (QED) is 0.865. The number of benzene rings is 1. The number of aromatic nitrogens is 2. The van der Waals surface area contributed by atoms with Crippen molar-refractivity contribution in [2.45, 2.75) is 31.8 Å². The van der Waals surface area contributed by atoms with Crippen molar-refractivity contribution in [1.29, 1.82) is 0 Å². The first-order valence-electron chi connectivity index (χ1n) is 9.56. The van der Waals surface area contributed by atoms with Crippen molar-refractivity contribution in [2.24, 2.45) is 0 Å². The smallest absolute Gasteiger partial charge is 0.256 e. The summed E-state index contributed by atoms with van der Waals surface area (Å²) in [7, 11) is 0. The highest BCUT2D eigenvalue weighted by Gasteiger charge is 2.31. The van der Waals surface area contributed by atoms with E-state index in [1.54, 1.807) is 10.9 Å². The van der Waals surface area contributed by atoms with Gasteiger partial charge in [0.25, 0.3) is 5.91 Å². The molecule has 1 unspecified atom stereocenters. The monoisotopic (exact) mass is 367 g/mol. The third-order valence-electron chi connectivity index (χ3n) is 5.34. The zero-order chi connectivity index (χ0) is 18.8. The van der Waals surface area contributed by atoms with Crippen LogP contribution in [-0.4, -0.2) is 69.7 Å². The number of para-hydroxylation sites is 1. The number of carbonyl (C=O) groups is 2. The number of rotatable bonds is 5. The predicted molar refractivity (Wildman–Crippen MR) is 102 cm³/mol. The van der Waals surface area contributed by atoms with Gasteiger partial charge in [-0.15, -0.1) is 0 Å². The Morgan fingerprint density at radius 1 is 1.11 bits per heavy atom. The summed E-state index contributed by atoms with van der Waals surface area (Å²) in [5.74, 6) is 0.108. The maximum absolute atomic E-state index is 13.1. The highest BCUT2D eigenvalue weighted by atomic mass is 16.2. The van der Waals surface area contributed by atoms with E-state index >= 15 is 0 Å². The van der Waals surface area contributed by atoms with Gasteiger partial charge in [0.2, 0.25) is 5.91 Å². The first-order valence-corrected chi connectivity index (χ1v) is 9.56. The van der Waals surface area contributed by atoms with Gasteiger partial charge in [-0.1, -0.05) is 12.1 Å². The Labute approximate surface area is 158 Å². The molecule has 2 aliphatic rings. The molecule has 1 atom stereocenters. The summed E-state index contributed by atoms with van der Waals surface area (Å²) < 4.78 is 1.72. The molecular weight excluding hydrogens is 342 g/mol. The molecule has 1 saturated carbocycles. The zero-order valence-corrected chi connectivity index (χ0v) is 15.5. The molecule has 1 aromatic heterocycles. The molecular formula is C20H25N5O2. The fourth-order valence-corrected chi connectivity index (χ4v) is 3.46. The van der Waals surface area contributed by atoms with E-state index in [9.17, 15) is 9.59 Å². The first-order chi connectivity index (χ1) is 13.1. The van der Waals surface area contributed by atoms with Crippen molar-refractivity contribution < 1.29 is 9.59 Å². The standard InChI is InChI=1S/C20H25N5O2/c1-15(19(26)22-16-7-8-16)23-11-13-24(14-12-23)20(27)17-5-2-3-6-18(17)25-10-4-9-21-25/h2-6,9-10,15-16H,7-8,11-14H2,1H3,(H,22,26). The van der Waals surface area contributed by atoms with E-state index in [0.29, 0.717) is 37.8 Å². The van der Waals surface area contributed by atoms with Crippen LogP contribution in [0.25, 0.3) is 5.69 Å². The molecule has 2 fully saturated rings. The van der Waals surface area contributed by atoms with Gasteiger partial charge in [-0.3, -0.25) is 14.5 Å². The van der Waals surface area contributed by atoms with E-state index in [0.717, 1.165) is 18.5 Å². The topological polar surface area (TPSA) is 70.5 Å². The van der Waals surface area contributed by atoms with Crippen LogP contribution in [0.1, 0.15) is 30.1 Å². The second-order valence-electron chi connectivity index (χ2n) is 7.25. The number of piperazine rings is 1. The minimum atomic E-state index is -0.154. The van der Waals surface area contributed by atoms with Gasteiger partial charge in [0, 0.05) is 44.6 Å². The second-order valence-corrected chi connectivity index (χ2v) is 7.25. The number of carbonyl (C=O) groups excluding carboxylic acids is 2. The summed E-state index contributed by atoms with van der Waals surface area (Å²) in [6.45, 7) is 4.59. The molecule has 1 aliphatic carbocycles. The van der Waals surface area contributed by atoms with E-state index in [1.807, 2.05) is 48.4 Å². The molecule has 0 spiro atoms. The highest BCUT2D eigenvalue weighted by Crippen LogP contribution is 2.20. The Bertz CT molecular complexity index is 808. The SMILES string of the molecule is CC(C(=O)NC1CC1)N1CCN(C(=O)c2ccccc2-n2cccn2)CC1. The molecule has 1 saturated heterocycles. The van der Waals surface area contributed by atoms with Crippen molar-refractivity contribution in [1.82, 2.24) is 24.9 Å². The van der Waals surface area contributed by atoms with Crippen LogP contribution >= 0.6 is 0 Å². The number of amides is 2. The van der Waals surface area contributed by atoms with Gasteiger partial charge in [-0.25, -0.2) is 4.68 Å². The molecule has 2 aromatic rings. The van der Waals surface area contributed by atoms with Crippen LogP contribution in [-0.2, 0) is 4.79 Å². The van der Waals surface area contributed by atoms with Gasteiger partial charge in [-0.2, -0.15) is 5.10 Å². The lowest BCUT2D eigenvalue weighted by Crippen LogP contribution is -2.55. The van der Waals surface area contributed by atoms with Crippen LogP contribution in [0.15, 0.2) is 42.7 Å². The molecule has 2 amide bonds. The lowest BCUT2D eigenvalue weighted by molar-refractivity contribution is -0.126. The molecule has 4 rings (SSSR count). The molecule has 27 heavy (non-hydrogen) atoms. The zero-order valence-electron chi connectivity index (χ0n) is 15.5. The summed E-state index contributed by atoms with van der Waals surface area (Å²) in [5.41, 5.74) is 1.43. The van der Waals surface area contributed by atoms with E-state index < -0.39 is 0 Å². The van der Waals surface area contributed by atoms with Gasteiger partial charge in [-0.05, 0) is 38.0 Å². The summed E-state index contributed by atoms with van der Waals surface area (Å²) in [5, 5.41) is 7.31. The van der Waals surface area contributed by atoms with Crippen molar-refractivity contribution in [3.63, 3.8) is 0 Å². The Morgan fingerprint density at radius 2 is 1.85 bits per heavy atom. The largest absolute Gasteiger partial charge is 0.352 e. The molecule has 1 N–H and O–H groups in total. The number of hydrogen-bond acceptors (Lipinski definition) is 4. The molecule has 1 aliphatic heterocycles. The lowest BCUT2D eigenvalue weighted by atomic mass is 10.1. The van der Waals surface area contributed by atoms with Crippen molar-refractivity contribution in [3.8, 4) is 5.69 Å². The summed E-state index contributed by atoms with van der Waals surface area (Å²) in [6.07, 6.45) is 5.73. The van der Waals surface area contributed by atoms with Crippen molar-refractivity contribution in [2.75, 3.05) is 26.2 Å². The lowest BCUT2D eigenvalue weighted by Gasteiger charge is -2.37. The van der Waals surface area contributed by atoms with E-state index in [1.165, 1.54) is 0 Å². The third kappa shape index (κ3) is 3.88. The van der Waals surface area contributed by atoms with Gasteiger partial charge >= 0.3 is 0 Å². The maximum Gasteiger partial charge on any atom is 0.256 e. The Morgan fingerprint density at radius 3 is 2.52 bits per heavy atom.